The summed E-state index contributed by atoms with van der Waals surface area (Å²) in [6, 6.07) is 20.3. The highest BCUT2D eigenvalue weighted by Gasteiger charge is 2.18. The Kier molecular flexibility index (Phi) is 10.2. The molecule has 2 amide bonds. The first kappa shape index (κ1) is 30.9. The number of esters is 1. The maximum Gasteiger partial charge on any atom is 0.345 e. The minimum Gasteiger partial charge on any atom is -0.493 e. The standard InChI is InChI=1S/C31H25Cl2N3O7/c1-40-26-15-19(16-27(41-2)28(26)42-3)29(37)35-22-11-8-18(9-12-22)30(38)36-34-17-20-14-21(32)10-13-25(20)43-31(39)23-6-4-5-7-24(23)33/h4-17H,1-3H3,(H,35,37)(H,36,38)/b34-17+. The number of hydrazone groups is 1. The molecule has 10 nitrogen and oxygen atoms in total. The molecule has 0 aliphatic heterocycles. The molecule has 0 atom stereocenters. The fraction of sp³-hybridized carbons (Fsp3) is 0.0968. The van der Waals surface area contributed by atoms with E-state index in [1.807, 2.05) is 0 Å². The smallest absolute Gasteiger partial charge is 0.345 e. The van der Waals surface area contributed by atoms with Crippen LogP contribution in [0.1, 0.15) is 36.6 Å². The molecule has 43 heavy (non-hydrogen) atoms. The normalized spacial score (nSPS) is 10.6. The second-order valence-electron chi connectivity index (χ2n) is 8.70. The molecule has 0 spiro atoms. The van der Waals surface area contributed by atoms with Crippen molar-refractivity contribution in [2.45, 2.75) is 0 Å². The highest BCUT2D eigenvalue weighted by molar-refractivity contribution is 6.33. The van der Waals surface area contributed by atoms with Gasteiger partial charge in [0.2, 0.25) is 5.75 Å². The third kappa shape index (κ3) is 7.62. The summed E-state index contributed by atoms with van der Waals surface area (Å²) in [4.78, 5) is 38.1. The van der Waals surface area contributed by atoms with E-state index in [-0.39, 0.29) is 27.5 Å². The number of carbonyl (C=O) groups excluding carboxylic acids is 3. The van der Waals surface area contributed by atoms with Crippen molar-refractivity contribution in [3.63, 3.8) is 0 Å². The quantitative estimate of drug-likeness (QED) is 0.0927. The Morgan fingerprint density at radius 1 is 0.744 bits per heavy atom. The third-order valence-corrected chi connectivity index (χ3v) is 6.53. The minimum atomic E-state index is -0.663. The Morgan fingerprint density at radius 2 is 1.42 bits per heavy atom. The zero-order valence-electron chi connectivity index (χ0n) is 23.1. The highest BCUT2D eigenvalue weighted by Crippen LogP contribution is 2.38. The lowest BCUT2D eigenvalue weighted by atomic mass is 10.1. The van der Waals surface area contributed by atoms with Crippen LogP contribution in [-0.2, 0) is 0 Å². The van der Waals surface area contributed by atoms with Crippen LogP contribution in [0, 0.1) is 0 Å². The van der Waals surface area contributed by atoms with Gasteiger partial charge in [-0.2, -0.15) is 5.10 Å². The van der Waals surface area contributed by atoms with Crippen molar-refractivity contribution in [1.29, 1.82) is 0 Å². The Labute approximate surface area is 257 Å². The van der Waals surface area contributed by atoms with Crippen molar-refractivity contribution >= 4 is 52.9 Å². The second-order valence-corrected chi connectivity index (χ2v) is 9.54. The summed E-state index contributed by atoms with van der Waals surface area (Å²) in [6.07, 6.45) is 1.30. The predicted octanol–water partition coefficient (Wildman–Crippen LogP) is 6.25. The second kappa shape index (κ2) is 14.2. The van der Waals surface area contributed by atoms with E-state index in [2.05, 4.69) is 15.8 Å². The van der Waals surface area contributed by atoms with Crippen LogP contribution in [0.15, 0.2) is 84.0 Å². The number of nitrogens with one attached hydrogen (secondary N) is 2. The van der Waals surface area contributed by atoms with E-state index in [0.717, 1.165) is 0 Å². The molecule has 0 saturated carbocycles. The molecule has 0 aromatic heterocycles. The van der Waals surface area contributed by atoms with E-state index in [9.17, 15) is 14.4 Å². The van der Waals surface area contributed by atoms with E-state index < -0.39 is 17.8 Å². The first-order valence-corrected chi connectivity index (χ1v) is 13.3. The largest absolute Gasteiger partial charge is 0.493 e. The Hall–Kier alpha value is -5.06. The fourth-order valence-corrected chi connectivity index (χ4v) is 4.23. The van der Waals surface area contributed by atoms with E-state index in [1.54, 1.807) is 42.5 Å². The van der Waals surface area contributed by atoms with E-state index in [1.165, 1.54) is 63.9 Å². The number of halogens is 2. The fourth-order valence-electron chi connectivity index (χ4n) is 3.84. The van der Waals surface area contributed by atoms with Crippen molar-refractivity contribution in [2.24, 2.45) is 5.10 Å². The van der Waals surface area contributed by atoms with Gasteiger partial charge in [0.05, 0.1) is 38.1 Å². The van der Waals surface area contributed by atoms with Gasteiger partial charge in [0.15, 0.2) is 11.5 Å². The number of benzene rings is 4. The molecule has 2 N–H and O–H groups in total. The number of hydrogen-bond donors (Lipinski definition) is 2. The number of amides is 2. The van der Waals surface area contributed by atoms with Crippen LogP contribution in [0.5, 0.6) is 23.0 Å². The molecule has 0 aliphatic rings. The van der Waals surface area contributed by atoms with Crippen molar-refractivity contribution < 1.29 is 33.3 Å². The van der Waals surface area contributed by atoms with Crippen LogP contribution >= 0.6 is 23.2 Å². The van der Waals surface area contributed by atoms with Crippen LogP contribution in [0.2, 0.25) is 10.0 Å². The Balaban J connectivity index is 1.41. The number of ether oxygens (including phenoxy) is 4. The molecule has 0 bridgehead atoms. The van der Waals surface area contributed by atoms with Crippen LogP contribution in [0.25, 0.3) is 0 Å². The van der Waals surface area contributed by atoms with Gasteiger partial charge in [0.1, 0.15) is 5.75 Å². The molecule has 0 unspecified atom stereocenters. The van der Waals surface area contributed by atoms with Gasteiger partial charge in [-0.05, 0) is 66.7 Å². The molecular weight excluding hydrogens is 597 g/mol. The minimum absolute atomic E-state index is 0.166. The van der Waals surface area contributed by atoms with Gasteiger partial charge in [-0.1, -0.05) is 35.3 Å². The summed E-state index contributed by atoms with van der Waals surface area (Å²) in [5.41, 5.74) is 3.95. The summed E-state index contributed by atoms with van der Waals surface area (Å²) < 4.78 is 21.4. The monoisotopic (exact) mass is 621 g/mol. The molecular formula is C31H25Cl2N3O7. The average Bonchev–Trinajstić information content (AvgIpc) is 3.01. The molecule has 0 saturated heterocycles. The zero-order chi connectivity index (χ0) is 30.9. The lowest BCUT2D eigenvalue weighted by Crippen LogP contribution is -2.18. The van der Waals surface area contributed by atoms with Crippen LogP contribution < -0.4 is 29.7 Å². The summed E-state index contributed by atoms with van der Waals surface area (Å²) >= 11 is 12.2. The molecule has 0 radical (unpaired) electrons. The van der Waals surface area contributed by atoms with Gasteiger partial charge in [-0.15, -0.1) is 0 Å². The maximum absolute atomic E-state index is 12.9. The van der Waals surface area contributed by atoms with Gasteiger partial charge >= 0.3 is 5.97 Å². The van der Waals surface area contributed by atoms with Crippen molar-refractivity contribution in [2.75, 3.05) is 26.6 Å². The predicted molar refractivity (Wildman–Crippen MR) is 163 cm³/mol. The molecule has 220 valence electrons. The molecule has 4 aromatic carbocycles. The van der Waals surface area contributed by atoms with Crippen molar-refractivity contribution in [1.82, 2.24) is 5.43 Å². The lowest BCUT2D eigenvalue weighted by Gasteiger charge is -2.14. The number of carbonyl (C=O) groups is 3. The Bertz CT molecular complexity index is 1670. The van der Waals surface area contributed by atoms with Crippen molar-refractivity contribution in [3.8, 4) is 23.0 Å². The van der Waals surface area contributed by atoms with Gasteiger partial charge in [-0.3, -0.25) is 9.59 Å². The van der Waals surface area contributed by atoms with E-state index >= 15 is 0 Å². The van der Waals surface area contributed by atoms with E-state index in [0.29, 0.717) is 33.5 Å². The number of hydrogen-bond acceptors (Lipinski definition) is 8. The summed E-state index contributed by atoms with van der Waals surface area (Å²) in [7, 11) is 4.38. The topological polar surface area (TPSA) is 125 Å². The van der Waals surface area contributed by atoms with Crippen LogP contribution in [0.3, 0.4) is 0 Å². The summed E-state index contributed by atoms with van der Waals surface area (Å²) in [5.74, 6) is -0.400. The molecule has 4 rings (SSSR count). The molecule has 0 heterocycles. The van der Waals surface area contributed by atoms with Gasteiger partial charge in [-0.25, -0.2) is 10.2 Å². The van der Waals surface area contributed by atoms with Crippen LogP contribution in [-0.4, -0.2) is 45.3 Å². The maximum atomic E-state index is 12.9. The molecule has 12 heteroatoms. The van der Waals surface area contributed by atoms with Crippen LogP contribution in [0.4, 0.5) is 5.69 Å². The first-order valence-electron chi connectivity index (χ1n) is 12.5. The average molecular weight is 622 g/mol. The number of methoxy groups -OCH3 is 3. The molecule has 0 aliphatic carbocycles. The summed E-state index contributed by atoms with van der Waals surface area (Å²) in [6.45, 7) is 0. The molecule has 4 aromatic rings. The SMILES string of the molecule is COc1cc(C(=O)Nc2ccc(C(=O)N/N=C/c3cc(Cl)ccc3OC(=O)c3ccccc3Cl)cc2)cc(OC)c1OC. The number of nitrogens with zero attached hydrogens (tertiary/aromatic N) is 1. The third-order valence-electron chi connectivity index (χ3n) is 5.97. The molecule has 0 fully saturated rings. The summed E-state index contributed by atoms with van der Waals surface area (Å²) in [5, 5.41) is 7.34. The van der Waals surface area contributed by atoms with E-state index in [4.69, 9.17) is 42.1 Å². The number of rotatable bonds is 10. The lowest BCUT2D eigenvalue weighted by molar-refractivity contribution is 0.0734. The highest BCUT2D eigenvalue weighted by atomic mass is 35.5. The van der Waals surface area contributed by atoms with Gasteiger partial charge in [0, 0.05) is 27.4 Å². The Morgan fingerprint density at radius 3 is 2.05 bits per heavy atom. The first-order chi connectivity index (χ1) is 20.7. The zero-order valence-corrected chi connectivity index (χ0v) is 24.7. The number of anilines is 1. The van der Waals surface area contributed by atoms with Gasteiger partial charge < -0.3 is 24.3 Å². The van der Waals surface area contributed by atoms with Crippen molar-refractivity contribution in [3.05, 3.63) is 111 Å². The van der Waals surface area contributed by atoms with Gasteiger partial charge in [0.25, 0.3) is 11.8 Å².